The fourth-order valence-electron chi connectivity index (χ4n) is 4.47. The van der Waals surface area contributed by atoms with E-state index >= 15 is 0 Å². The highest BCUT2D eigenvalue weighted by molar-refractivity contribution is 7.99. The van der Waals surface area contributed by atoms with E-state index in [0.717, 1.165) is 27.8 Å². The Labute approximate surface area is 217 Å². The van der Waals surface area contributed by atoms with Crippen LogP contribution in [0.1, 0.15) is 24.8 Å². The average molecular weight is 529 g/mol. The number of rotatable bonds is 10. The number of hydroxylamine groups is 2. The molecule has 1 aliphatic heterocycles. The minimum atomic E-state index is -3.73. The molecule has 192 valence electrons. The van der Waals surface area contributed by atoms with Crippen molar-refractivity contribution in [1.82, 2.24) is 9.37 Å². The van der Waals surface area contributed by atoms with Crippen LogP contribution >= 0.6 is 11.8 Å². The van der Waals surface area contributed by atoms with E-state index in [4.69, 9.17) is 9.57 Å². The van der Waals surface area contributed by atoms with Crippen molar-refractivity contribution in [3.63, 3.8) is 0 Å². The number of ether oxygens (including phenoxy) is 1. The molecule has 36 heavy (non-hydrogen) atoms. The number of carbonyl (C=O) groups excluding carboxylic acids is 1. The van der Waals surface area contributed by atoms with E-state index < -0.39 is 10.0 Å². The number of amides is 1. The molecule has 0 bridgehead atoms. The third kappa shape index (κ3) is 6.03. The van der Waals surface area contributed by atoms with Crippen LogP contribution in [0.25, 0.3) is 10.8 Å². The molecule has 1 heterocycles. The van der Waals surface area contributed by atoms with Crippen LogP contribution in [-0.4, -0.2) is 62.8 Å². The Morgan fingerprint density at radius 1 is 1.06 bits per heavy atom. The van der Waals surface area contributed by atoms with Gasteiger partial charge in [-0.2, -0.15) is 16.1 Å². The van der Waals surface area contributed by atoms with Crippen LogP contribution in [0.15, 0.2) is 71.6 Å². The highest BCUT2D eigenvalue weighted by atomic mass is 32.2. The van der Waals surface area contributed by atoms with Gasteiger partial charge in [-0.1, -0.05) is 42.5 Å². The number of benzene rings is 3. The summed E-state index contributed by atoms with van der Waals surface area (Å²) in [5, 5.41) is 3.20. The molecule has 4 rings (SSSR count). The summed E-state index contributed by atoms with van der Waals surface area (Å²) >= 11 is 1.75. The van der Waals surface area contributed by atoms with Gasteiger partial charge in [0.25, 0.3) is 0 Å². The monoisotopic (exact) mass is 528 g/mol. The molecule has 3 aromatic carbocycles. The molecular formula is C27H32N2O5S2. The van der Waals surface area contributed by atoms with E-state index in [0.29, 0.717) is 19.4 Å². The lowest BCUT2D eigenvalue weighted by Gasteiger charge is -2.24. The predicted molar refractivity (Wildman–Crippen MR) is 143 cm³/mol. The number of hydrogen-bond donors (Lipinski definition) is 0. The first-order valence-corrected chi connectivity index (χ1v) is 14.4. The summed E-state index contributed by atoms with van der Waals surface area (Å²) in [6.45, 7) is 0.412. The Morgan fingerprint density at radius 3 is 2.47 bits per heavy atom. The van der Waals surface area contributed by atoms with E-state index in [1.807, 2.05) is 54.6 Å². The van der Waals surface area contributed by atoms with Crippen LogP contribution in [0.3, 0.4) is 0 Å². The van der Waals surface area contributed by atoms with Crippen LogP contribution in [0, 0.1) is 0 Å². The van der Waals surface area contributed by atoms with Gasteiger partial charge >= 0.3 is 0 Å². The number of sulfonamides is 1. The van der Waals surface area contributed by atoms with Crippen molar-refractivity contribution >= 4 is 38.5 Å². The van der Waals surface area contributed by atoms with Crippen molar-refractivity contribution in [1.29, 1.82) is 0 Å². The lowest BCUT2D eigenvalue weighted by Crippen LogP contribution is -2.37. The fraction of sp³-hybridized carbons (Fsp3) is 0.370. The largest absolute Gasteiger partial charge is 0.497 e. The van der Waals surface area contributed by atoms with Gasteiger partial charge in [0.05, 0.1) is 19.1 Å². The van der Waals surface area contributed by atoms with Crippen molar-refractivity contribution in [3.05, 3.63) is 72.3 Å². The molecule has 1 amide bonds. The van der Waals surface area contributed by atoms with E-state index in [1.54, 1.807) is 42.4 Å². The summed E-state index contributed by atoms with van der Waals surface area (Å²) in [5.41, 5.74) is 1.16. The van der Waals surface area contributed by atoms with Gasteiger partial charge in [-0.05, 0) is 53.4 Å². The molecule has 0 aromatic heterocycles. The molecule has 0 N–H and O–H groups in total. The van der Waals surface area contributed by atoms with Gasteiger partial charge in [0.15, 0.2) is 0 Å². The lowest BCUT2D eigenvalue weighted by atomic mass is 10.1. The molecular weight excluding hydrogens is 496 g/mol. The van der Waals surface area contributed by atoms with Gasteiger partial charge in [-0.15, -0.1) is 0 Å². The van der Waals surface area contributed by atoms with Crippen LogP contribution in [0.4, 0.5) is 0 Å². The maximum Gasteiger partial charge on any atom is 0.245 e. The van der Waals surface area contributed by atoms with Crippen molar-refractivity contribution in [2.45, 2.75) is 41.2 Å². The third-order valence-electron chi connectivity index (χ3n) is 6.61. The summed E-state index contributed by atoms with van der Waals surface area (Å²) in [6.07, 6.45) is 1.35. The Morgan fingerprint density at radius 2 is 1.78 bits per heavy atom. The first-order chi connectivity index (χ1) is 17.3. The number of hydrogen-bond acceptors (Lipinski definition) is 6. The van der Waals surface area contributed by atoms with Gasteiger partial charge in [0.2, 0.25) is 15.9 Å². The smallest absolute Gasteiger partial charge is 0.245 e. The minimum Gasteiger partial charge on any atom is -0.497 e. The second-order valence-electron chi connectivity index (χ2n) is 8.87. The number of fused-ring (bicyclic) bond motifs is 1. The molecule has 7 nitrogen and oxygen atoms in total. The zero-order chi connectivity index (χ0) is 25.7. The van der Waals surface area contributed by atoms with Gasteiger partial charge < -0.3 is 4.74 Å². The standard InChI is InChI=1S/C27H32N2O5S2/c1-28(34-3)27(30)15-11-23-17-25(35-19-20-8-12-24(33-2)13-9-20)18-29(23)36(31,32)26-14-10-21-6-4-5-7-22(21)16-26/h4-10,12-14,16,23,25H,11,15,17-19H2,1-3H3/t23-,25-/m1/s1. The molecule has 3 aromatic rings. The first-order valence-electron chi connectivity index (χ1n) is 11.9. The summed E-state index contributed by atoms with van der Waals surface area (Å²) in [6, 6.07) is 20.7. The first kappa shape index (κ1) is 26.5. The molecule has 0 aliphatic carbocycles. The molecule has 1 saturated heterocycles. The molecule has 9 heteroatoms. The van der Waals surface area contributed by atoms with Gasteiger partial charge in [-0.25, -0.2) is 13.5 Å². The van der Waals surface area contributed by atoms with Crippen LogP contribution in [-0.2, 0) is 25.4 Å². The summed E-state index contributed by atoms with van der Waals surface area (Å²) in [7, 11) is 0.914. The summed E-state index contributed by atoms with van der Waals surface area (Å²) < 4.78 is 34.4. The third-order valence-corrected chi connectivity index (χ3v) is 9.84. The molecule has 1 aliphatic rings. The molecule has 2 atom stereocenters. The Balaban J connectivity index is 1.53. The van der Waals surface area contributed by atoms with Crippen molar-refractivity contribution in [2.24, 2.45) is 0 Å². The molecule has 0 spiro atoms. The minimum absolute atomic E-state index is 0.127. The Hall–Kier alpha value is -2.59. The molecule has 1 fully saturated rings. The zero-order valence-corrected chi connectivity index (χ0v) is 22.4. The lowest BCUT2D eigenvalue weighted by molar-refractivity contribution is -0.168. The molecule has 0 unspecified atom stereocenters. The second-order valence-corrected chi connectivity index (χ2v) is 12.0. The second kappa shape index (κ2) is 11.6. The normalized spacial score (nSPS) is 18.4. The van der Waals surface area contributed by atoms with Crippen molar-refractivity contribution < 1.29 is 22.8 Å². The van der Waals surface area contributed by atoms with E-state index in [1.165, 1.54) is 12.2 Å². The van der Waals surface area contributed by atoms with Gasteiger partial charge in [0, 0.05) is 37.1 Å². The number of thioether (sulfide) groups is 1. The topological polar surface area (TPSA) is 76.2 Å². The van der Waals surface area contributed by atoms with E-state index in [9.17, 15) is 13.2 Å². The zero-order valence-electron chi connectivity index (χ0n) is 20.8. The highest BCUT2D eigenvalue weighted by Crippen LogP contribution is 2.36. The Kier molecular flexibility index (Phi) is 8.56. The quantitative estimate of drug-likeness (QED) is 0.355. The summed E-state index contributed by atoms with van der Waals surface area (Å²) in [4.78, 5) is 17.6. The van der Waals surface area contributed by atoms with E-state index in [-0.39, 0.29) is 28.5 Å². The fourth-order valence-corrected chi connectivity index (χ4v) is 7.56. The Bertz CT molecular complexity index is 1300. The average Bonchev–Trinajstić information content (AvgIpc) is 3.34. The SMILES string of the molecule is COc1ccc(CS[C@@H]2C[C@@H](CCC(=O)N(C)OC)N(S(=O)(=O)c3ccc4ccccc4c3)C2)cc1. The van der Waals surface area contributed by atoms with Gasteiger partial charge in [0.1, 0.15) is 5.75 Å². The van der Waals surface area contributed by atoms with Crippen molar-refractivity contribution in [3.8, 4) is 5.75 Å². The molecule has 0 saturated carbocycles. The number of methoxy groups -OCH3 is 1. The van der Waals surface area contributed by atoms with Crippen molar-refractivity contribution in [2.75, 3.05) is 27.8 Å². The van der Waals surface area contributed by atoms with Crippen LogP contribution in [0.2, 0.25) is 0 Å². The van der Waals surface area contributed by atoms with E-state index in [2.05, 4.69) is 0 Å². The maximum atomic E-state index is 13.8. The maximum absolute atomic E-state index is 13.8. The molecule has 0 radical (unpaired) electrons. The van der Waals surface area contributed by atoms with Crippen LogP contribution < -0.4 is 4.74 Å². The number of carbonyl (C=O) groups is 1. The highest BCUT2D eigenvalue weighted by Gasteiger charge is 2.40. The van der Waals surface area contributed by atoms with Gasteiger partial charge in [-0.3, -0.25) is 9.63 Å². The van der Waals surface area contributed by atoms with Crippen LogP contribution in [0.5, 0.6) is 5.75 Å². The summed E-state index contributed by atoms with van der Waals surface area (Å²) in [5.74, 6) is 1.41. The number of nitrogens with zero attached hydrogens (tertiary/aromatic N) is 2. The predicted octanol–water partition coefficient (Wildman–Crippen LogP) is 4.71.